The summed E-state index contributed by atoms with van der Waals surface area (Å²) >= 11 is 0. The van der Waals surface area contributed by atoms with Gasteiger partial charge in [0.15, 0.2) is 0 Å². The summed E-state index contributed by atoms with van der Waals surface area (Å²) in [6.45, 7) is 4.25. The molecule has 0 spiro atoms. The second-order valence-corrected chi connectivity index (χ2v) is 10.1. The van der Waals surface area contributed by atoms with Crippen molar-refractivity contribution in [2.45, 2.75) is 26.7 Å². The summed E-state index contributed by atoms with van der Waals surface area (Å²) in [6.07, 6.45) is 5.07. The molecule has 0 unspecified atom stereocenters. The number of aryl methyl sites for hydroxylation is 2. The third-order valence-corrected chi connectivity index (χ3v) is 8.03. The Bertz CT molecular complexity index is 1280. The van der Waals surface area contributed by atoms with Crippen LogP contribution in [0.3, 0.4) is 0 Å². The summed E-state index contributed by atoms with van der Waals surface area (Å²) in [5.41, 5.74) is 3.41. The molecule has 3 fully saturated rings. The minimum atomic E-state index is -0.594. The van der Waals surface area contributed by atoms with E-state index in [1.54, 1.807) is 29.2 Å². The van der Waals surface area contributed by atoms with Crippen LogP contribution >= 0.6 is 0 Å². The highest BCUT2D eigenvalue weighted by atomic mass is 16.5. The van der Waals surface area contributed by atoms with Gasteiger partial charge in [0, 0.05) is 24.7 Å². The molecule has 7 heteroatoms. The van der Waals surface area contributed by atoms with E-state index in [-0.39, 0.29) is 60.1 Å². The molecule has 2 heterocycles. The Morgan fingerprint density at radius 1 is 0.886 bits per heavy atom. The van der Waals surface area contributed by atoms with Gasteiger partial charge in [-0.2, -0.15) is 0 Å². The van der Waals surface area contributed by atoms with E-state index in [1.807, 2.05) is 32.0 Å². The molecule has 2 saturated heterocycles. The van der Waals surface area contributed by atoms with Crippen LogP contribution in [0.5, 0.6) is 5.75 Å². The van der Waals surface area contributed by atoms with Crippen LogP contribution in [-0.2, 0) is 19.2 Å². The average molecular weight is 471 g/mol. The van der Waals surface area contributed by atoms with Crippen molar-refractivity contribution < 1.29 is 23.9 Å². The van der Waals surface area contributed by atoms with E-state index in [2.05, 4.69) is 12.2 Å². The van der Waals surface area contributed by atoms with Gasteiger partial charge in [0.1, 0.15) is 5.75 Å². The second-order valence-electron chi connectivity index (χ2n) is 10.1. The van der Waals surface area contributed by atoms with Crippen LogP contribution in [0.15, 0.2) is 54.6 Å². The maximum atomic E-state index is 13.1. The molecular formula is C28H26N2O5. The molecule has 178 valence electrons. The van der Waals surface area contributed by atoms with Gasteiger partial charge in [-0.1, -0.05) is 24.3 Å². The first-order valence-electron chi connectivity index (χ1n) is 12.1. The quantitative estimate of drug-likeness (QED) is 0.295. The maximum absolute atomic E-state index is 13.1. The molecule has 35 heavy (non-hydrogen) atoms. The van der Waals surface area contributed by atoms with Gasteiger partial charge >= 0.3 is 5.97 Å². The highest BCUT2D eigenvalue weighted by molar-refractivity contribution is 6.22. The van der Waals surface area contributed by atoms with Crippen molar-refractivity contribution >= 4 is 35.1 Å². The van der Waals surface area contributed by atoms with Crippen molar-refractivity contribution in [1.29, 1.82) is 0 Å². The number of benzene rings is 2. The van der Waals surface area contributed by atoms with Crippen LogP contribution in [0, 0.1) is 43.4 Å². The zero-order valence-corrected chi connectivity index (χ0v) is 19.6. The van der Waals surface area contributed by atoms with Crippen molar-refractivity contribution in [3.05, 3.63) is 65.7 Å². The predicted octanol–water partition coefficient (Wildman–Crippen LogP) is 3.57. The second kappa shape index (κ2) is 7.90. The Labute approximate surface area is 203 Å². The minimum absolute atomic E-state index is 0.0771. The third kappa shape index (κ3) is 3.40. The average Bonchev–Trinajstić information content (AvgIpc) is 3.59. The molecule has 2 aromatic rings. The first kappa shape index (κ1) is 21.8. The number of carbonyl (C=O) groups is 4. The topological polar surface area (TPSA) is 84.0 Å². The molecule has 3 amide bonds. The van der Waals surface area contributed by atoms with E-state index < -0.39 is 11.9 Å². The fourth-order valence-corrected chi connectivity index (χ4v) is 6.05. The van der Waals surface area contributed by atoms with E-state index >= 15 is 0 Å². The van der Waals surface area contributed by atoms with E-state index in [0.29, 0.717) is 5.69 Å². The molecule has 1 saturated carbocycles. The summed E-state index contributed by atoms with van der Waals surface area (Å²) in [6, 6.07) is 12.3. The lowest BCUT2D eigenvalue weighted by Gasteiger charge is -2.19. The first-order chi connectivity index (χ1) is 16.8. The standard InChI is InChI=1S/C28H26N2O5/c1-15-6-9-20(10-16(15)2)29-14-19(12-23(29)31)28(34)35-22-5-3-4-21(13-22)30-26(32)24-17-7-8-18(11-17)25(24)27(30)33/h3-10,13,17-19,24-25H,11-12,14H2,1-2H3/t17-,18-,19+,24-,25+/m0/s1. The number of allylic oxidation sites excluding steroid dienone is 2. The van der Waals surface area contributed by atoms with Gasteiger partial charge in [-0.05, 0) is 67.5 Å². The lowest BCUT2D eigenvalue weighted by Crippen LogP contribution is -2.32. The Kier molecular flexibility index (Phi) is 4.91. The number of hydrogen-bond donors (Lipinski definition) is 0. The Hall–Kier alpha value is -3.74. The number of amides is 3. The number of carbonyl (C=O) groups excluding carboxylic acids is 4. The number of hydrogen-bond acceptors (Lipinski definition) is 5. The molecule has 6 rings (SSSR count). The van der Waals surface area contributed by atoms with Gasteiger partial charge in [0.05, 0.1) is 23.4 Å². The highest BCUT2D eigenvalue weighted by Gasteiger charge is 2.59. The summed E-state index contributed by atoms with van der Waals surface area (Å²) in [4.78, 5) is 54.6. The summed E-state index contributed by atoms with van der Waals surface area (Å²) in [5.74, 6) is -1.62. The molecule has 0 radical (unpaired) electrons. The van der Waals surface area contributed by atoms with Crippen LogP contribution in [0.4, 0.5) is 11.4 Å². The molecule has 0 N–H and O–H groups in total. The van der Waals surface area contributed by atoms with Crippen LogP contribution < -0.4 is 14.5 Å². The predicted molar refractivity (Wildman–Crippen MR) is 129 cm³/mol. The fourth-order valence-electron chi connectivity index (χ4n) is 6.05. The van der Waals surface area contributed by atoms with Gasteiger partial charge in [0.25, 0.3) is 0 Å². The SMILES string of the molecule is Cc1ccc(N2C[C@H](C(=O)Oc3cccc(N4C(=O)[C@@H]5[C@H](C4=O)[C@H]4C=C[C@H]5C4)c3)CC2=O)cc1C. The van der Waals surface area contributed by atoms with Gasteiger partial charge in [-0.15, -0.1) is 0 Å². The van der Waals surface area contributed by atoms with E-state index in [0.717, 1.165) is 23.2 Å². The summed E-state index contributed by atoms with van der Waals surface area (Å²) in [7, 11) is 0. The zero-order chi connectivity index (χ0) is 24.4. The Morgan fingerprint density at radius 2 is 1.60 bits per heavy atom. The number of anilines is 2. The summed E-state index contributed by atoms with van der Waals surface area (Å²) in [5, 5.41) is 0. The van der Waals surface area contributed by atoms with Crippen molar-refractivity contribution in [1.82, 2.24) is 0 Å². The molecule has 2 aliphatic heterocycles. The van der Waals surface area contributed by atoms with Crippen molar-refractivity contribution in [2.24, 2.45) is 29.6 Å². The molecule has 7 nitrogen and oxygen atoms in total. The number of nitrogens with zero attached hydrogens (tertiary/aromatic N) is 2. The first-order valence-corrected chi connectivity index (χ1v) is 12.1. The maximum Gasteiger partial charge on any atom is 0.316 e. The monoisotopic (exact) mass is 470 g/mol. The number of rotatable bonds is 4. The fraction of sp³-hybridized carbons (Fsp3) is 0.357. The van der Waals surface area contributed by atoms with E-state index in [9.17, 15) is 19.2 Å². The van der Waals surface area contributed by atoms with Gasteiger partial charge in [-0.3, -0.25) is 19.2 Å². The molecule has 4 aliphatic rings. The molecule has 5 atom stereocenters. The van der Waals surface area contributed by atoms with Crippen LogP contribution in [0.25, 0.3) is 0 Å². The molecule has 2 aromatic carbocycles. The summed E-state index contributed by atoms with van der Waals surface area (Å²) < 4.78 is 5.61. The normalized spacial score (nSPS) is 28.9. The van der Waals surface area contributed by atoms with Gasteiger partial charge < -0.3 is 9.64 Å². The van der Waals surface area contributed by atoms with Crippen LogP contribution in [0.1, 0.15) is 24.0 Å². The molecule has 2 aliphatic carbocycles. The molecule has 0 aromatic heterocycles. The number of esters is 1. The van der Waals surface area contributed by atoms with E-state index in [1.165, 1.54) is 4.90 Å². The van der Waals surface area contributed by atoms with Crippen molar-refractivity contribution in [3.8, 4) is 5.75 Å². The van der Waals surface area contributed by atoms with Gasteiger partial charge in [-0.25, -0.2) is 4.90 Å². The number of ether oxygens (including phenoxy) is 1. The number of fused-ring (bicyclic) bond motifs is 5. The number of imide groups is 1. The lowest BCUT2D eigenvalue weighted by atomic mass is 9.85. The van der Waals surface area contributed by atoms with Crippen molar-refractivity contribution in [2.75, 3.05) is 16.3 Å². The third-order valence-electron chi connectivity index (χ3n) is 8.03. The minimum Gasteiger partial charge on any atom is -0.426 e. The lowest BCUT2D eigenvalue weighted by molar-refractivity contribution is -0.139. The molecular weight excluding hydrogens is 444 g/mol. The largest absolute Gasteiger partial charge is 0.426 e. The highest BCUT2D eigenvalue weighted by Crippen LogP contribution is 2.53. The zero-order valence-electron chi connectivity index (χ0n) is 19.6. The van der Waals surface area contributed by atoms with Gasteiger partial charge in [0.2, 0.25) is 17.7 Å². The Balaban J connectivity index is 1.17. The van der Waals surface area contributed by atoms with Crippen LogP contribution in [0.2, 0.25) is 0 Å². The van der Waals surface area contributed by atoms with Crippen LogP contribution in [-0.4, -0.2) is 30.2 Å². The van der Waals surface area contributed by atoms with Crippen molar-refractivity contribution in [3.63, 3.8) is 0 Å². The Morgan fingerprint density at radius 3 is 2.29 bits per heavy atom. The molecule has 2 bridgehead atoms. The smallest absolute Gasteiger partial charge is 0.316 e. The van der Waals surface area contributed by atoms with E-state index in [4.69, 9.17) is 4.74 Å².